The van der Waals surface area contributed by atoms with Crippen molar-refractivity contribution in [2.45, 2.75) is 46.3 Å². The predicted octanol–water partition coefficient (Wildman–Crippen LogP) is 3.30. The van der Waals surface area contributed by atoms with Gasteiger partial charge in [-0.1, -0.05) is 11.6 Å². The number of hydrogen-bond donors (Lipinski definition) is 1. The molecule has 0 saturated carbocycles. The molecular weight excluding hydrogens is 260 g/mol. The maximum atomic E-state index is 5.94. The predicted molar refractivity (Wildman–Crippen MR) is 81.8 cm³/mol. The van der Waals surface area contributed by atoms with Crippen LogP contribution in [0.25, 0.3) is 0 Å². The van der Waals surface area contributed by atoms with Crippen molar-refractivity contribution < 1.29 is 4.74 Å². The van der Waals surface area contributed by atoms with E-state index in [1.54, 1.807) is 0 Å². The van der Waals surface area contributed by atoms with E-state index in [0.717, 1.165) is 17.9 Å². The molecule has 0 aliphatic heterocycles. The van der Waals surface area contributed by atoms with E-state index in [2.05, 4.69) is 32.6 Å². The number of nitrogens with zero attached hydrogens (tertiary/aromatic N) is 1. The van der Waals surface area contributed by atoms with Crippen molar-refractivity contribution in [2.75, 3.05) is 13.2 Å². The summed E-state index contributed by atoms with van der Waals surface area (Å²) < 4.78 is 5.83. The van der Waals surface area contributed by atoms with Crippen molar-refractivity contribution in [2.24, 2.45) is 5.73 Å². The second-order valence-corrected chi connectivity index (χ2v) is 5.67. The van der Waals surface area contributed by atoms with Crippen LogP contribution in [0.5, 0.6) is 5.75 Å². The lowest BCUT2D eigenvalue weighted by Gasteiger charge is -2.30. The molecule has 108 valence electrons. The molecule has 0 saturated heterocycles. The van der Waals surface area contributed by atoms with E-state index >= 15 is 0 Å². The van der Waals surface area contributed by atoms with Gasteiger partial charge in [0.2, 0.25) is 0 Å². The van der Waals surface area contributed by atoms with Gasteiger partial charge >= 0.3 is 0 Å². The molecule has 0 bridgehead atoms. The van der Waals surface area contributed by atoms with E-state index in [1.807, 2.05) is 18.2 Å². The summed E-state index contributed by atoms with van der Waals surface area (Å²) in [5.41, 5.74) is 6.65. The molecule has 0 unspecified atom stereocenters. The zero-order chi connectivity index (χ0) is 14.4. The van der Waals surface area contributed by atoms with Crippen LogP contribution in [0.1, 0.15) is 33.3 Å². The van der Waals surface area contributed by atoms with Crippen LogP contribution >= 0.6 is 11.6 Å². The zero-order valence-electron chi connectivity index (χ0n) is 12.3. The Morgan fingerprint density at radius 3 is 2.37 bits per heavy atom. The van der Waals surface area contributed by atoms with Crippen molar-refractivity contribution in [3.8, 4) is 5.75 Å². The van der Waals surface area contributed by atoms with Gasteiger partial charge in [-0.05, 0) is 45.9 Å². The molecule has 2 N–H and O–H groups in total. The third-order valence-electron chi connectivity index (χ3n) is 3.18. The summed E-state index contributed by atoms with van der Waals surface area (Å²) in [4.78, 5) is 2.40. The van der Waals surface area contributed by atoms with Crippen molar-refractivity contribution in [1.82, 2.24) is 4.90 Å². The Bertz CT molecular complexity index is 386. The zero-order valence-corrected chi connectivity index (χ0v) is 13.1. The molecule has 0 heterocycles. The molecule has 3 nitrogen and oxygen atoms in total. The molecule has 0 amide bonds. The average molecular weight is 285 g/mol. The quantitative estimate of drug-likeness (QED) is 0.835. The Morgan fingerprint density at radius 2 is 1.84 bits per heavy atom. The third-order valence-corrected chi connectivity index (χ3v) is 3.41. The molecule has 0 fully saturated rings. The van der Waals surface area contributed by atoms with Crippen LogP contribution in [0, 0.1) is 0 Å². The molecule has 1 aromatic rings. The lowest BCUT2D eigenvalue weighted by Crippen LogP contribution is -2.39. The smallest absolute Gasteiger partial charge is 0.123 e. The fraction of sp³-hybridized carbons (Fsp3) is 0.600. The summed E-state index contributed by atoms with van der Waals surface area (Å²) >= 11 is 5.94. The number of hydrogen-bond acceptors (Lipinski definition) is 3. The van der Waals surface area contributed by atoms with Crippen LogP contribution in [0.3, 0.4) is 0 Å². The van der Waals surface area contributed by atoms with Crippen LogP contribution in [0.15, 0.2) is 18.2 Å². The summed E-state index contributed by atoms with van der Waals surface area (Å²) in [6.07, 6.45) is 0. The monoisotopic (exact) mass is 284 g/mol. The van der Waals surface area contributed by atoms with Crippen molar-refractivity contribution >= 4 is 11.6 Å². The molecular formula is C15H25ClN2O. The van der Waals surface area contributed by atoms with Gasteiger partial charge in [0, 0.05) is 35.8 Å². The first-order valence-corrected chi connectivity index (χ1v) is 7.20. The maximum absolute atomic E-state index is 5.94. The van der Waals surface area contributed by atoms with Crippen molar-refractivity contribution in [1.29, 1.82) is 0 Å². The molecule has 0 spiro atoms. The highest BCUT2D eigenvalue weighted by atomic mass is 35.5. The summed E-state index contributed by atoms with van der Waals surface area (Å²) in [7, 11) is 0. The van der Waals surface area contributed by atoms with E-state index in [9.17, 15) is 0 Å². The Hall–Kier alpha value is -0.770. The molecule has 0 aliphatic rings. The molecule has 0 atom stereocenters. The fourth-order valence-electron chi connectivity index (χ4n) is 2.22. The van der Waals surface area contributed by atoms with Gasteiger partial charge in [-0.15, -0.1) is 0 Å². The van der Waals surface area contributed by atoms with E-state index in [1.165, 1.54) is 0 Å². The summed E-state index contributed by atoms with van der Waals surface area (Å²) in [6.45, 7) is 10.8. The number of nitrogens with two attached hydrogens (primary N) is 1. The highest BCUT2D eigenvalue weighted by molar-refractivity contribution is 6.30. The first-order valence-electron chi connectivity index (χ1n) is 6.82. The van der Waals surface area contributed by atoms with Gasteiger partial charge in [-0.25, -0.2) is 0 Å². The minimum absolute atomic E-state index is 0.438. The van der Waals surface area contributed by atoms with Gasteiger partial charge in [0.1, 0.15) is 12.4 Å². The Kier molecular flexibility index (Phi) is 6.63. The average Bonchev–Trinajstić information content (AvgIpc) is 2.34. The van der Waals surface area contributed by atoms with Gasteiger partial charge in [0.05, 0.1) is 0 Å². The topological polar surface area (TPSA) is 38.5 Å². The van der Waals surface area contributed by atoms with E-state index in [4.69, 9.17) is 22.1 Å². The second kappa shape index (κ2) is 7.73. The summed E-state index contributed by atoms with van der Waals surface area (Å²) in [5.74, 6) is 0.833. The summed E-state index contributed by atoms with van der Waals surface area (Å²) in [5, 5.41) is 0.693. The summed E-state index contributed by atoms with van der Waals surface area (Å²) in [6, 6.07) is 6.61. The first kappa shape index (κ1) is 16.3. The molecule has 1 aromatic carbocycles. The van der Waals surface area contributed by atoms with Crippen molar-refractivity contribution in [3.63, 3.8) is 0 Å². The largest absolute Gasteiger partial charge is 0.492 e. The Morgan fingerprint density at radius 1 is 1.21 bits per heavy atom. The van der Waals surface area contributed by atoms with Crippen LogP contribution in [-0.2, 0) is 6.54 Å². The third kappa shape index (κ3) is 5.01. The SMILES string of the molecule is CC(C)N(CCOc1ccc(Cl)cc1CN)C(C)C. The minimum Gasteiger partial charge on any atom is -0.492 e. The van der Waals surface area contributed by atoms with Crippen LogP contribution in [0.2, 0.25) is 5.02 Å². The van der Waals surface area contributed by atoms with Gasteiger partial charge in [-0.3, -0.25) is 4.90 Å². The minimum atomic E-state index is 0.438. The van der Waals surface area contributed by atoms with Crippen molar-refractivity contribution in [3.05, 3.63) is 28.8 Å². The molecule has 1 rings (SSSR count). The maximum Gasteiger partial charge on any atom is 0.123 e. The highest BCUT2D eigenvalue weighted by Crippen LogP contribution is 2.22. The lowest BCUT2D eigenvalue weighted by atomic mass is 10.2. The van der Waals surface area contributed by atoms with Crippen LogP contribution in [-0.4, -0.2) is 30.1 Å². The number of halogens is 1. The number of ether oxygens (including phenoxy) is 1. The van der Waals surface area contributed by atoms with E-state index < -0.39 is 0 Å². The standard InChI is InChI=1S/C15H25ClN2O/c1-11(2)18(12(3)4)7-8-19-15-6-5-14(16)9-13(15)10-17/h5-6,9,11-12H,7-8,10,17H2,1-4H3. The van der Waals surface area contributed by atoms with Crippen LogP contribution in [0.4, 0.5) is 0 Å². The number of rotatable bonds is 7. The molecule has 4 heteroatoms. The molecule has 0 aromatic heterocycles. The second-order valence-electron chi connectivity index (χ2n) is 5.23. The fourth-order valence-corrected chi connectivity index (χ4v) is 2.42. The Balaban J connectivity index is 2.57. The van der Waals surface area contributed by atoms with Gasteiger partial charge in [0.25, 0.3) is 0 Å². The van der Waals surface area contributed by atoms with Gasteiger partial charge in [0.15, 0.2) is 0 Å². The first-order chi connectivity index (χ1) is 8.95. The molecule has 0 radical (unpaired) electrons. The Labute approximate surface area is 121 Å². The normalized spacial score (nSPS) is 11.6. The van der Waals surface area contributed by atoms with E-state index in [0.29, 0.717) is 30.3 Å². The van der Waals surface area contributed by atoms with Gasteiger partial charge in [-0.2, -0.15) is 0 Å². The van der Waals surface area contributed by atoms with Crippen LogP contribution < -0.4 is 10.5 Å². The van der Waals surface area contributed by atoms with Gasteiger partial charge < -0.3 is 10.5 Å². The molecule has 0 aliphatic carbocycles. The lowest BCUT2D eigenvalue weighted by molar-refractivity contribution is 0.141. The molecule has 19 heavy (non-hydrogen) atoms. The van der Waals surface area contributed by atoms with E-state index in [-0.39, 0.29) is 0 Å². The highest BCUT2D eigenvalue weighted by Gasteiger charge is 2.13. The number of benzene rings is 1.